The number of para-hydroxylation sites is 1. The predicted molar refractivity (Wildman–Crippen MR) is 126 cm³/mol. The highest BCUT2D eigenvalue weighted by molar-refractivity contribution is 7.15. The Bertz CT molecular complexity index is 1430. The molecular formula is C23H17Cl2N3O3S. The first-order valence-electron chi connectivity index (χ1n) is 10.0. The number of hydrogen-bond donors (Lipinski definition) is 0. The molecule has 6 nitrogen and oxygen atoms in total. The van der Waals surface area contributed by atoms with Crippen molar-refractivity contribution in [3.05, 3.63) is 84.6 Å². The minimum atomic E-state index is -0.757. The van der Waals surface area contributed by atoms with Crippen LogP contribution >= 0.6 is 34.5 Å². The number of halogens is 2. The predicted octanol–water partition coefficient (Wildman–Crippen LogP) is 5.90. The van der Waals surface area contributed by atoms with Crippen LogP contribution in [0.4, 0.5) is 5.13 Å². The lowest BCUT2D eigenvalue weighted by atomic mass is 9.99. The Balaban J connectivity index is 1.75. The molecule has 1 amide bonds. The smallest absolute Gasteiger partial charge is 0.297 e. The van der Waals surface area contributed by atoms with E-state index in [2.05, 4.69) is 24.0 Å². The van der Waals surface area contributed by atoms with Crippen molar-refractivity contribution in [1.29, 1.82) is 0 Å². The molecule has 4 aromatic rings. The third-order valence-corrected chi connectivity index (χ3v) is 6.97. The Morgan fingerprint density at radius 3 is 2.62 bits per heavy atom. The molecule has 0 aliphatic carbocycles. The first kappa shape index (κ1) is 21.1. The van der Waals surface area contributed by atoms with Crippen molar-refractivity contribution in [3.63, 3.8) is 0 Å². The summed E-state index contributed by atoms with van der Waals surface area (Å²) in [6, 6.07) is 11.2. The largest absolute Gasteiger partial charge is 0.450 e. The van der Waals surface area contributed by atoms with Crippen LogP contribution in [0.15, 0.2) is 51.7 Å². The molecule has 1 atom stereocenters. The van der Waals surface area contributed by atoms with Gasteiger partial charge in [-0.25, -0.2) is 0 Å². The van der Waals surface area contributed by atoms with Gasteiger partial charge in [-0.1, -0.05) is 66.6 Å². The van der Waals surface area contributed by atoms with Crippen LogP contribution in [0.1, 0.15) is 46.6 Å². The topological polar surface area (TPSA) is 76.3 Å². The molecule has 162 valence electrons. The normalized spacial score (nSPS) is 15.7. The molecule has 9 heteroatoms. The SMILES string of the molecule is CC(C)Cc1nnc(N2C(=O)c3oc4ccccc4c(=O)c3[C@H]2c2ccc(Cl)c(Cl)c2)s1. The van der Waals surface area contributed by atoms with Gasteiger partial charge in [0.25, 0.3) is 5.91 Å². The molecule has 0 fully saturated rings. The number of carbonyl (C=O) groups is 1. The lowest BCUT2D eigenvalue weighted by Gasteiger charge is -2.22. The highest BCUT2D eigenvalue weighted by Gasteiger charge is 2.45. The molecule has 0 saturated carbocycles. The second-order valence-corrected chi connectivity index (χ2v) is 9.85. The van der Waals surface area contributed by atoms with E-state index in [1.54, 1.807) is 42.5 Å². The van der Waals surface area contributed by atoms with Gasteiger partial charge in [0, 0.05) is 6.42 Å². The Labute approximate surface area is 197 Å². The molecule has 0 unspecified atom stereocenters. The number of rotatable bonds is 4. The van der Waals surface area contributed by atoms with Gasteiger partial charge >= 0.3 is 0 Å². The first-order chi connectivity index (χ1) is 15.3. The van der Waals surface area contributed by atoms with Gasteiger partial charge in [0.2, 0.25) is 10.9 Å². The molecule has 0 saturated heterocycles. The van der Waals surface area contributed by atoms with Gasteiger partial charge in [-0.2, -0.15) is 0 Å². The van der Waals surface area contributed by atoms with Crippen molar-refractivity contribution < 1.29 is 9.21 Å². The molecule has 0 bridgehead atoms. The fraction of sp³-hybridized carbons (Fsp3) is 0.217. The van der Waals surface area contributed by atoms with Crippen LogP contribution in [-0.2, 0) is 6.42 Å². The Morgan fingerprint density at radius 1 is 1.09 bits per heavy atom. The van der Waals surface area contributed by atoms with Crippen molar-refractivity contribution in [3.8, 4) is 0 Å². The van der Waals surface area contributed by atoms with Crippen molar-refractivity contribution in [2.45, 2.75) is 26.3 Å². The first-order valence-corrected chi connectivity index (χ1v) is 11.6. The highest BCUT2D eigenvalue weighted by atomic mass is 35.5. The van der Waals surface area contributed by atoms with Gasteiger partial charge in [-0.15, -0.1) is 10.2 Å². The summed E-state index contributed by atoms with van der Waals surface area (Å²) in [7, 11) is 0. The third-order valence-electron chi connectivity index (χ3n) is 5.28. The second kappa shape index (κ2) is 7.99. The van der Waals surface area contributed by atoms with Crippen LogP contribution in [0.25, 0.3) is 11.0 Å². The number of fused-ring (bicyclic) bond motifs is 2. The van der Waals surface area contributed by atoms with Gasteiger partial charge in [-0.05, 0) is 35.7 Å². The zero-order chi connectivity index (χ0) is 22.6. The molecule has 0 spiro atoms. The molecule has 2 aromatic carbocycles. The summed E-state index contributed by atoms with van der Waals surface area (Å²) < 4.78 is 5.93. The molecule has 1 aliphatic rings. The molecule has 0 radical (unpaired) electrons. The Morgan fingerprint density at radius 2 is 1.88 bits per heavy atom. The fourth-order valence-corrected chi connectivity index (χ4v) is 5.27. The average Bonchev–Trinajstić information content (AvgIpc) is 3.32. The molecular weight excluding hydrogens is 469 g/mol. The lowest BCUT2D eigenvalue weighted by molar-refractivity contribution is 0.0970. The third kappa shape index (κ3) is 3.41. The van der Waals surface area contributed by atoms with Crippen LogP contribution < -0.4 is 10.3 Å². The van der Waals surface area contributed by atoms with E-state index in [9.17, 15) is 9.59 Å². The van der Waals surface area contributed by atoms with E-state index in [0.717, 1.165) is 11.4 Å². The van der Waals surface area contributed by atoms with Gasteiger partial charge in [0.15, 0.2) is 5.43 Å². The second-order valence-electron chi connectivity index (χ2n) is 8.00. The van der Waals surface area contributed by atoms with E-state index >= 15 is 0 Å². The summed E-state index contributed by atoms with van der Waals surface area (Å²) in [5.74, 6) is -0.0433. The van der Waals surface area contributed by atoms with Crippen molar-refractivity contribution in [2.24, 2.45) is 5.92 Å². The maximum absolute atomic E-state index is 13.5. The summed E-state index contributed by atoms with van der Waals surface area (Å²) in [6.45, 7) is 4.18. The van der Waals surface area contributed by atoms with Gasteiger partial charge in [0.05, 0.1) is 27.0 Å². The van der Waals surface area contributed by atoms with E-state index in [4.69, 9.17) is 27.6 Å². The summed E-state index contributed by atoms with van der Waals surface area (Å²) in [4.78, 5) is 28.5. The highest BCUT2D eigenvalue weighted by Crippen LogP contribution is 2.43. The number of aromatic nitrogens is 2. The standard InChI is InChI=1S/C23H17Cl2N3O3S/c1-11(2)9-17-26-27-23(32-17)28-19(12-7-8-14(24)15(25)10-12)18-20(29)13-5-3-4-6-16(13)31-21(18)22(28)30/h3-8,10-11,19H,9H2,1-2H3/t19-/m1/s1. The van der Waals surface area contributed by atoms with Gasteiger partial charge in [-0.3, -0.25) is 14.5 Å². The number of hydrogen-bond acceptors (Lipinski definition) is 6. The zero-order valence-electron chi connectivity index (χ0n) is 17.1. The van der Waals surface area contributed by atoms with Gasteiger partial charge < -0.3 is 4.42 Å². The minimum absolute atomic E-state index is 0.00498. The Kier molecular flexibility index (Phi) is 5.28. The van der Waals surface area contributed by atoms with Crippen molar-refractivity contribution >= 4 is 56.5 Å². The maximum atomic E-state index is 13.5. The monoisotopic (exact) mass is 485 g/mol. The molecule has 5 rings (SSSR count). The van der Waals surface area contributed by atoms with E-state index in [0.29, 0.717) is 37.6 Å². The maximum Gasteiger partial charge on any atom is 0.297 e. The minimum Gasteiger partial charge on any atom is -0.450 e. The zero-order valence-corrected chi connectivity index (χ0v) is 19.5. The summed E-state index contributed by atoms with van der Waals surface area (Å²) in [6.07, 6.45) is 0.741. The van der Waals surface area contributed by atoms with Crippen LogP contribution in [-0.4, -0.2) is 16.1 Å². The van der Waals surface area contributed by atoms with Gasteiger partial charge in [0.1, 0.15) is 10.6 Å². The number of amides is 1. The van der Waals surface area contributed by atoms with E-state index in [1.165, 1.54) is 16.2 Å². The van der Waals surface area contributed by atoms with Crippen molar-refractivity contribution in [2.75, 3.05) is 4.90 Å². The summed E-state index contributed by atoms with van der Waals surface area (Å²) >= 11 is 13.7. The van der Waals surface area contributed by atoms with Crippen LogP contribution in [0, 0.1) is 5.92 Å². The number of anilines is 1. The van der Waals surface area contributed by atoms with Crippen molar-refractivity contribution in [1.82, 2.24) is 10.2 Å². The molecule has 0 N–H and O–H groups in total. The van der Waals surface area contributed by atoms with E-state index in [-0.39, 0.29) is 16.8 Å². The van der Waals surface area contributed by atoms with E-state index in [1.807, 2.05) is 0 Å². The molecule has 2 aromatic heterocycles. The Hall–Kier alpha value is -2.74. The van der Waals surface area contributed by atoms with Crippen LogP contribution in [0.5, 0.6) is 0 Å². The number of nitrogens with zero attached hydrogens (tertiary/aromatic N) is 3. The summed E-state index contributed by atoms with van der Waals surface area (Å²) in [5, 5.41) is 10.9. The molecule has 3 heterocycles. The van der Waals surface area contributed by atoms with Crippen LogP contribution in [0.2, 0.25) is 10.0 Å². The molecule has 32 heavy (non-hydrogen) atoms. The lowest BCUT2D eigenvalue weighted by Crippen LogP contribution is -2.29. The quantitative estimate of drug-likeness (QED) is 0.359. The van der Waals surface area contributed by atoms with E-state index < -0.39 is 11.9 Å². The molecule has 1 aliphatic heterocycles. The number of benzene rings is 2. The average molecular weight is 486 g/mol. The summed E-state index contributed by atoms with van der Waals surface area (Å²) in [5.41, 5.74) is 0.986. The van der Waals surface area contributed by atoms with Crippen LogP contribution in [0.3, 0.4) is 0 Å². The number of carbonyl (C=O) groups excluding carboxylic acids is 1. The fourth-order valence-electron chi connectivity index (χ4n) is 3.89.